The molecule has 5 heteroatoms. The molecule has 0 bridgehead atoms. The molecule has 0 aliphatic heterocycles. The Kier molecular flexibility index (Phi) is 4.90. The Morgan fingerprint density at radius 1 is 1.25 bits per heavy atom. The molecule has 0 saturated carbocycles. The highest BCUT2D eigenvalue weighted by molar-refractivity contribution is 5.90. The third-order valence-electron chi connectivity index (χ3n) is 2.85. The van der Waals surface area contributed by atoms with E-state index < -0.39 is 0 Å². The van der Waals surface area contributed by atoms with Crippen molar-refractivity contribution >= 4 is 11.6 Å². The Hall–Kier alpha value is -2.14. The fraction of sp³-hybridized carbons (Fsp3) is 0.267. The number of anilines is 1. The van der Waals surface area contributed by atoms with Gasteiger partial charge in [-0.05, 0) is 42.4 Å². The third-order valence-corrected chi connectivity index (χ3v) is 2.85. The lowest BCUT2D eigenvalue weighted by atomic mass is 10.3. The zero-order valence-corrected chi connectivity index (χ0v) is 11.4. The van der Waals surface area contributed by atoms with E-state index in [1.165, 1.54) is 12.1 Å². The zero-order valence-electron chi connectivity index (χ0n) is 11.4. The molecular weight excluding hydrogens is 257 g/mol. The number of aromatic nitrogens is 1. The number of halogens is 1. The molecule has 0 unspecified atom stereocenters. The highest BCUT2D eigenvalue weighted by Gasteiger charge is 2.04. The predicted molar refractivity (Wildman–Crippen MR) is 76.8 cm³/mol. The van der Waals surface area contributed by atoms with Crippen LogP contribution in [0.3, 0.4) is 0 Å². The maximum absolute atomic E-state index is 12.8. The van der Waals surface area contributed by atoms with Crippen LogP contribution in [0.1, 0.15) is 12.5 Å². The molecule has 0 aliphatic carbocycles. The molecule has 0 aliphatic rings. The molecule has 0 saturated heterocycles. The van der Waals surface area contributed by atoms with Crippen LogP contribution >= 0.6 is 0 Å². The molecule has 2 rings (SSSR count). The van der Waals surface area contributed by atoms with Gasteiger partial charge in [0.15, 0.2) is 0 Å². The van der Waals surface area contributed by atoms with Crippen molar-refractivity contribution in [1.29, 1.82) is 0 Å². The number of carbonyl (C=O) groups is 1. The number of amides is 1. The molecular formula is C15H18FN3O. The largest absolute Gasteiger partial charge is 0.345 e. The van der Waals surface area contributed by atoms with Crippen molar-refractivity contribution < 1.29 is 9.18 Å². The lowest BCUT2D eigenvalue weighted by Crippen LogP contribution is -2.18. The van der Waals surface area contributed by atoms with E-state index in [4.69, 9.17) is 0 Å². The summed E-state index contributed by atoms with van der Waals surface area (Å²) in [7, 11) is 0. The van der Waals surface area contributed by atoms with Crippen LogP contribution in [0.4, 0.5) is 10.1 Å². The van der Waals surface area contributed by atoms with E-state index in [9.17, 15) is 9.18 Å². The first kappa shape index (κ1) is 14.3. The van der Waals surface area contributed by atoms with Crippen LogP contribution in [0.2, 0.25) is 0 Å². The molecule has 1 aromatic heterocycles. The summed E-state index contributed by atoms with van der Waals surface area (Å²) in [5.74, 6) is -0.455. The van der Waals surface area contributed by atoms with E-state index in [1.54, 1.807) is 12.1 Å². The Labute approximate surface area is 117 Å². The minimum Gasteiger partial charge on any atom is -0.345 e. The van der Waals surface area contributed by atoms with Crippen molar-refractivity contribution in [2.45, 2.75) is 20.0 Å². The van der Waals surface area contributed by atoms with Crippen LogP contribution in [-0.2, 0) is 17.9 Å². The average Bonchev–Trinajstić information content (AvgIpc) is 2.86. The molecule has 0 fully saturated rings. The summed E-state index contributed by atoms with van der Waals surface area (Å²) in [6.07, 6.45) is 3.81. The summed E-state index contributed by atoms with van der Waals surface area (Å²) in [6.45, 7) is 4.00. The zero-order chi connectivity index (χ0) is 14.4. The summed E-state index contributed by atoms with van der Waals surface area (Å²) in [5, 5.41) is 5.95. The number of hydrogen-bond acceptors (Lipinski definition) is 2. The highest BCUT2D eigenvalue weighted by atomic mass is 19.1. The van der Waals surface area contributed by atoms with Crippen LogP contribution in [0.25, 0.3) is 0 Å². The summed E-state index contributed by atoms with van der Waals surface area (Å²) >= 11 is 0. The standard InChI is InChI=1S/C15H18FN3O/c1-2-17-9-12-7-8-19(10-12)11-15(20)18-14-5-3-13(16)4-6-14/h3-8,10,17H,2,9,11H2,1H3,(H,18,20). The second-order valence-electron chi connectivity index (χ2n) is 4.53. The van der Waals surface area contributed by atoms with Gasteiger partial charge in [0.05, 0.1) is 0 Å². The Bertz CT molecular complexity index is 563. The summed E-state index contributed by atoms with van der Waals surface area (Å²) in [4.78, 5) is 11.8. The summed E-state index contributed by atoms with van der Waals surface area (Å²) in [6, 6.07) is 7.70. The van der Waals surface area contributed by atoms with Gasteiger partial charge in [0.25, 0.3) is 0 Å². The number of nitrogens with zero attached hydrogens (tertiary/aromatic N) is 1. The van der Waals surface area contributed by atoms with Crippen molar-refractivity contribution in [3.8, 4) is 0 Å². The van der Waals surface area contributed by atoms with Gasteiger partial charge in [-0.3, -0.25) is 4.79 Å². The number of nitrogens with one attached hydrogen (secondary N) is 2. The van der Waals surface area contributed by atoms with Gasteiger partial charge in [-0.25, -0.2) is 4.39 Å². The average molecular weight is 275 g/mol. The molecule has 1 aromatic carbocycles. The van der Waals surface area contributed by atoms with E-state index in [0.29, 0.717) is 5.69 Å². The maximum Gasteiger partial charge on any atom is 0.244 e. The van der Waals surface area contributed by atoms with E-state index in [2.05, 4.69) is 10.6 Å². The molecule has 106 valence electrons. The van der Waals surface area contributed by atoms with Gasteiger partial charge in [0, 0.05) is 24.6 Å². The maximum atomic E-state index is 12.8. The third kappa shape index (κ3) is 4.20. The van der Waals surface area contributed by atoms with Crippen LogP contribution < -0.4 is 10.6 Å². The monoisotopic (exact) mass is 275 g/mol. The van der Waals surface area contributed by atoms with Crippen molar-refractivity contribution in [1.82, 2.24) is 9.88 Å². The second-order valence-corrected chi connectivity index (χ2v) is 4.53. The van der Waals surface area contributed by atoms with E-state index in [0.717, 1.165) is 18.7 Å². The molecule has 0 radical (unpaired) electrons. The minimum absolute atomic E-state index is 0.137. The molecule has 1 heterocycles. The Balaban J connectivity index is 1.87. The van der Waals surface area contributed by atoms with E-state index in [1.807, 2.05) is 30.0 Å². The van der Waals surface area contributed by atoms with Gasteiger partial charge in [0.1, 0.15) is 12.4 Å². The van der Waals surface area contributed by atoms with Gasteiger partial charge in [-0.2, -0.15) is 0 Å². The first-order valence-electron chi connectivity index (χ1n) is 6.58. The first-order chi connectivity index (χ1) is 9.67. The van der Waals surface area contributed by atoms with Crippen molar-refractivity contribution in [2.75, 3.05) is 11.9 Å². The highest BCUT2D eigenvalue weighted by Crippen LogP contribution is 2.08. The smallest absolute Gasteiger partial charge is 0.244 e. The fourth-order valence-electron chi connectivity index (χ4n) is 1.86. The fourth-order valence-corrected chi connectivity index (χ4v) is 1.86. The number of rotatable bonds is 6. The molecule has 20 heavy (non-hydrogen) atoms. The number of carbonyl (C=O) groups excluding carboxylic acids is 1. The van der Waals surface area contributed by atoms with Crippen molar-refractivity contribution in [2.24, 2.45) is 0 Å². The molecule has 4 nitrogen and oxygen atoms in total. The van der Waals surface area contributed by atoms with E-state index >= 15 is 0 Å². The van der Waals surface area contributed by atoms with Gasteiger partial charge in [0.2, 0.25) is 5.91 Å². The summed E-state index contributed by atoms with van der Waals surface area (Å²) < 4.78 is 14.6. The molecule has 2 N–H and O–H groups in total. The van der Waals surface area contributed by atoms with Gasteiger partial charge < -0.3 is 15.2 Å². The molecule has 2 aromatic rings. The van der Waals surface area contributed by atoms with Crippen LogP contribution in [-0.4, -0.2) is 17.0 Å². The van der Waals surface area contributed by atoms with Crippen LogP contribution in [0.15, 0.2) is 42.7 Å². The van der Waals surface area contributed by atoms with Gasteiger partial charge in [-0.15, -0.1) is 0 Å². The minimum atomic E-state index is -0.318. The first-order valence-corrected chi connectivity index (χ1v) is 6.58. The van der Waals surface area contributed by atoms with Crippen molar-refractivity contribution in [3.63, 3.8) is 0 Å². The topological polar surface area (TPSA) is 46.1 Å². The lowest BCUT2D eigenvalue weighted by Gasteiger charge is -2.06. The van der Waals surface area contributed by atoms with Crippen LogP contribution in [0.5, 0.6) is 0 Å². The van der Waals surface area contributed by atoms with E-state index in [-0.39, 0.29) is 18.3 Å². The molecule has 0 spiro atoms. The Morgan fingerprint density at radius 2 is 2.00 bits per heavy atom. The molecule has 1 amide bonds. The second kappa shape index (κ2) is 6.86. The van der Waals surface area contributed by atoms with Crippen LogP contribution in [0, 0.1) is 5.82 Å². The molecule has 0 atom stereocenters. The SMILES string of the molecule is CCNCc1ccn(CC(=O)Nc2ccc(F)cc2)c1. The number of benzene rings is 1. The van der Waals surface area contributed by atoms with Gasteiger partial charge >= 0.3 is 0 Å². The van der Waals surface area contributed by atoms with Gasteiger partial charge in [-0.1, -0.05) is 6.92 Å². The number of hydrogen-bond donors (Lipinski definition) is 2. The lowest BCUT2D eigenvalue weighted by molar-refractivity contribution is -0.116. The van der Waals surface area contributed by atoms with Crippen molar-refractivity contribution in [3.05, 3.63) is 54.1 Å². The quantitative estimate of drug-likeness (QED) is 0.850. The predicted octanol–water partition coefficient (Wildman–Crippen LogP) is 2.38. The normalized spacial score (nSPS) is 10.5. The summed E-state index contributed by atoms with van der Waals surface area (Å²) in [5.41, 5.74) is 1.73. The Morgan fingerprint density at radius 3 is 2.70 bits per heavy atom.